The van der Waals surface area contributed by atoms with Crippen LogP contribution in [0.5, 0.6) is 0 Å². The fraction of sp³-hybridized carbons (Fsp3) is 0.0588. The number of hydrogen-bond acceptors (Lipinski definition) is 2. The molecule has 3 aromatic rings. The van der Waals surface area contributed by atoms with Gasteiger partial charge in [0.2, 0.25) is 5.91 Å². The van der Waals surface area contributed by atoms with Gasteiger partial charge in [-0.3, -0.25) is 9.78 Å². The van der Waals surface area contributed by atoms with Gasteiger partial charge in [0.1, 0.15) is 0 Å². The van der Waals surface area contributed by atoms with Crippen molar-refractivity contribution in [3.05, 3.63) is 70.8 Å². The van der Waals surface area contributed by atoms with Crippen LogP contribution in [0.15, 0.2) is 65.3 Å². The number of halogens is 1. The van der Waals surface area contributed by atoms with Crippen LogP contribution in [0.1, 0.15) is 5.56 Å². The van der Waals surface area contributed by atoms with Crippen molar-refractivity contribution in [3.8, 4) is 0 Å². The van der Waals surface area contributed by atoms with Crippen molar-refractivity contribution in [2.24, 2.45) is 0 Å². The number of fused-ring (bicyclic) bond motifs is 1. The van der Waals surface area contributed by atoms with Gasteiger partial charge in [-0.2, -0.15) is 0 Å². The van der Waals surface area contributed by atoms with Gasteiger partial charge in [0.05, 0.1) is 17.6 Å². The Bertz CT molecular complexity index is 796. The minimum Gasteiger partial charge on any atom is -0.324 e. The molecular formula is C17H13BrN2O. The fourth-order valence-electron chi connectivity index (χ4n) is 2.21. The lowest BCUT2D eigenvalue weighted by Crippen LogP contribution is -2.15. The van der Waals surface area contributed by atoms with Crippen molar-refractivity contribution in [3.63, 3.8) is 0 Å². The van der Waals surface area contributed by atoms with Crippen LogP contribution in [-0.2, 0) is 11.2 Å². The predicted octanol–water partition coefficient (Wildman–Crippen LogP) is 4.18. The highest BCUT2D eigenvalue weighted by Crippen LogP contribution is 2.21. The highest BCUT2D eigenvalue weighted by molar-refractivity contribution is 9.10. The van der Waals surface area contributed by atoms with E-state index in [9.17, 15) is 4.79 Å². The van der Waals surface area contributed by atoms with Gasteiger partial charge >= 0.3 is 0 Å². The van der Waals surface area contributed by atoms with Crippen LogP contribution in [-0.4, -0.2) is 10.9 Å². The monoisotopic (exact) mass is 340 g/mol. The summed E-state index contributed by atoms with van der Waals surface area (Å²) < 4.78 is 0.941. The van der Waals surface area contributed by atoms with E-state index >= 15 is 0 Å². The average Bonchev–Trinajstić information content (AvgIpc) is 2.50. The summed E-state index contributed by atoms with van der Waals surface area (Å²) >= 11 is 3.46. The molecule has 0 aliphatic heterocycles. The Kier molecular flexibility index (Phi) is 3.97. The number of anilines is 1. The second-order valence-corrected chi connectivity index (χ2v) is 5.55. The van der Waals surface area contributed by atoms with Crippen LogP contribution in [0.2, 0.25) is 0 Å². The molecule has 0 bridgehead atoms. The lowest BCUT2D eigenvalue weighted by molar-refractivity contribution is -0.115. The first-order valence-corrected chi connectivity index (χ1v) is 7.40. The summed E-state index contributed by atoms with van der Waals surface area (Å²) in [6, 6.07) is 17.3. The Balaban J connectivity index is 1.82. The molecule has 2 aromatic carbocycles. The molecule has 3 nitrogen and oxygen atoms in total. The molecule has 0 radical (unpaired) electrons. The summed E-state index contributed by atoms with van der Waals surface area (Å²) in [7, 11) is 0. The van der Waals surface area contributed by atoms with E-state index in [1.54, 1.807) is 6.20 Å². The number of pyridine rings is 1. The normalized spacial score (nSPS) is 10.5. The van der Waals surface area contributed by atoms with Crippen molar-refractivity contribution >= 4 is 38.4 Å². The Morgan fingerprint density at radius 3 is 2.71 bits per heavy atom. The zero-order valence-corrected chi connectivity index (χ0v) is 12.8. The third-order valence-electron chi connectivity index (χ3n) is 3.22. The zero-order chi connectivity index (χ0) is 14.7. The number of aromatic nitrogens is 1. The summed E-state index contributed by atoms with van der Waals surface area (Å²) in [6.45, 7) is 0. The van der Waals surface area contributed by atoms with E-state index in [0.717, 1.165) is 26.6 Å². The molecule has 0 fully saturated rings. The molecule has 3 rings (SSSR count). The number of para-hydroxylation sites is 1. The molecule has 0 atom stereocenters. The fourth-order valence-corrected chi connectivity index (χ4v) is 2.64. The molecule has 104 valence electrons. The molecule has 0 saturated carbocycles. The number of carbonyl (C=O) groups is 1. The van der Waals surface area contributed by atoms with E-state index in [2.05, 4.69) is 26.2 Å². The van der Waals surface area contributed by atoms with Gasteiger partial charge in [0.15, 0.2) is 0 Å². The van der Waals surface area contributed by atoms with Gasteiger partial charge in [-0.1, -0.05) is 52.3 Å². The van der Waals surface area contributed by atoms with E-state index < -0.39 is 0 Å². The molecule has 0 spiro atoms. The summed E-state index contributed by atoms with van der Waals surface area (Å²) in [6.07, 6.45) is 2.05. The van der Waals surface area contributed by atoms with Gasteiger partial charge in [-0.15, -0.1) is 0 Å². The molecule has 0 saturated heterocycles. The number of carbonyl (C=O) groups excluding carboxylic acids is 1. The number of benzene rings is 2. The third kappa shape index (κ3) is 3.11. The minimum atomic E-state index is -0.0555. The summed E-state index contributed by atoms with van der Waals surface area (Å²) in [5, 5.41) is 3.95. The second-order valence-electron chi connectivity index (χ2n) is 4.70. The maximum absolute atomic E-state index is 12.2. The zero-order valence-electron chi connectivity index (χ0n) is 11.2. The maximum atomic E-state index is 12.2. The molecule has 21 heavy (non-hydrogen) atoms. The quantitative estimate of drug-likeness (QED) is 0.777. The van der Waals surface area contributed by atoms with Crippen molar-refractivity contribution in [2.75, 3.05) is 5.32 Å². The van der Waals surface area contributed by atoms with Crippen molar-refractivity contribution < 1.29 is 4.79 Å². The molecule has 0 aliphatic rings. The van der Waals surface area contributed by atoms with Crippen LogP contribution in [0, 0.1) is 0 Å². The van der Waals surface area contributed by atoms with Crippen molar-refractivity contribution in [1.29, 1.82) is 0 Å². The molecule has 0 unspecified atom stereocenters. The Morgan fingerprint density at radius 2 is 1.86 bits per heavy atom. The van der Waals surface area contributed by atoms with Gasteiger partial charge < -0.3 is 5.32 Å². The SMILES string of the molecule is O=C(Cc1ccccc1Br)Nc1cccc2cccnc12. The molecule has 4 heteroatoms. The number of amides is 1. The minimum absolute atomic E-state index is 0.0555. The largest absolute Gasteiger partial charge is 0.324 e. The van der Waals surface area contributed by atoms with E-state index in [1.165, 1.54) is 0 Å². The molecular weight excluding hydrogens is 328 g/mol. The number of nitrogens with one attached hydrogen (secondary N) is 1. The first kappa shape index (κ1) is 13.8. The van der Waals surface area contributed by atoms with E-state index in [4.69, 9.17) is 0 Å². The van der Waals surface area contributed by atoms with Crippen molar-refractivity contribution in [1.82, 2.24) is 4.98 Å². The molecule has 1 N–H and O–H groups in total. The Hall–Kier alpha value is -2.20. The molecule has 1 amide bonds. The van der Waals surface area contributed by atoms with Crippen LogP contribution in [0.3, 0.4) is 0 Å². The maximum Gasteiger partial charge on any atom is 0.228 e. The number of hydrogen-bond donors (Lipinski definition) is 1. The standard InChI is InChI=1S/C17H13BrN2O/c18-14-8-2-1-5-13(14)11-16(21)20-15-9-3-6-12-7-4-10-19-17(12)15/h1-10H,11H2,(H,20,21). The van der Waals surface area contributed by atoms with E-state index in [0.29, 0.717) is 6.42 Å². The van der Waals surface area contributed by atoms with Crippen LogP contribution in [0.4, 0.5) is 5.69 Å². The third-order valence-corrected chi connectivity index (χ3v) is 3.99. The highest BCUT2D eigenvalue weighted by Gasteiger charge is 2.09. The van der Waals surface area contributed by atoms with Gasteiger partial charge in [0.25, 0.3) is 0 Å². The molecule has 1 aromatic heterocycles. The number of rotatable bonds is 3. The van der Waals surface area contributed by atoms with Gasteiger partial charge in [0, 0.05) is 16.1 Å². The highest BCUT2D eigenvalue weighted by atomic mass is 79.9. The Morgan fingerprint density at radius 1 is 1.05 bits per heavy atom. The van der Waals surface area contributed by atoms with E-state index in [1.807, 2.05) is 54.6 Å². The lowest BCUT2D eigenvalue weighted by Gasteiger charge is -2.08. The van der Waals surface area contributed by atoms with Crippen LogP contribution >= 0.6 is 15.9 Å². The van der Waals surface area contributed by atoms with Crippen molar-refractivity contribution in [2.45, 2.75) is 6.42 Å². The first-order valence-electron chi connectivity index (χ1n) is 6.61. The predicted molar refractivity (Wildman–Crippen MR) is 88.2 cm³/mol. The van der Waals surface area contributed by atoms with Crippen LogP contribution < -0.4 is 5.32 Å². The average molecular weight is 341 g/mol. The second kappa shape index (κ2) is 6.06. The number of nitrogens with zero attached hydrogens (tertiary/aromatic N) is 1. The molecule has 1 heterocycles. The summed E-state index contributed by atoms with van der Waals surface area (Å²) in [4.78, 5) is 16.6. The summed E-state index contributed by atoms with van der Waals surface area (Å²) in [5.74, 6) is -0.0555. The van der Waals surface area contributed by atoms with Crippen LogP contribution in [0.25, 0.3) is 10.9 Å². The lowest BCUT2D eigenvalue weighted by atomic mass is 10.1. The smallest absolute Gasteiger partial charge is 0.228 e. The van der Waals surface area contributed by atoms with E-state index in [-0.39, 0.29) is 5.91 Å². The molecule has 0 aliphatic carbocycles. The summed E-state index contributed by atoms with van der Waals surface area (Å²) in [5.41, 5.74) is 2.51. The first-order chi connectivity index (χ1) is 10.2. The topological polar surface area (TPSA) is 42.0 Å². The van der Waals surface area contributed by atoms with Gasteiger partial charge in [-0.05, 0) is 23.8 Å². The Labute approximate surface area is 131 Å². The van der Waals surface area contributed by atoms with Gasteiger partial charge in [-0.25, -0.2) is 0 Å².